The first-order valence-corrected chi connectivity index (χ1v) is 8.90. The number of alkyl halides is 3. The number of aromatic amines is 1. The molecule has 4 aromatic rings. The number of benzene rings is 2. The van der Waals surface area contributed by atoms with Crippen molar-refractivity contribution in [3.8, 4) is 17.0 Å². The van der Waals surface area contributed by atoms with Gasteiger partial charge >= 0.3 is 6.36 Å². The Bertz CT molecular complexity index is 1320. The summed E-state index contributed by atoms with van der Waals surface area (Å²) in [7, 11) is 0. The van der Waals surface area contributed by atoms with Crippen LogP contribution in [0.25, 0.3) is 22.2 Å². The van der Waals surface area contributed by atoms with Crippen molar-refractivity contribution in [2.45, 2.75) is 6.36 Å². The number of pyridine rings is 1. The number of amides is 1. The van der Waals surface area contributed by atoms with Gasteiger partial charge in [0.2, 0.25) is 0 Å². The predicted octanol–water partition coefficient (Wildman–Crippen LogP) is 4.14. The Morgan fingerprint density at radius 2 is 1.87 bits per heavy atom. The van der Waals surface area contributed by atoms with Gasteiger partial charge < -0.3 is 15.0 Å². The molecule has 4 rings (SSSR count). The summed E-state index contributed by atoms with van der Waals surface area (Å²) in [6.07, 6.45) is -0.618. The van der Waals surface area contributed by atoms with Crippen LogP contribution in [0.1, 0.15) is 10.4 Å². The standard InChI is InChI=1S/C21H13F3N4O3/c22-21(23,24)31-13-4-1-3-12(9-13)16-10-17(29)14-5-2-6-15(19(14)27-16)20(30)28-18-11-25-7-8-26-18/h1-11H,(H,27,29)(H,26,28,30). The summed E-state index contributed by atoms with van der Waals surface area (Å²) in [5.41, 5.74) is 0.494. The molecular formula is C21H13F3N4O3. The van der Waals surface area contributed by atoms with Crippen molar-refractivity contribution in [1.29, 1.82) is 0 Å². The number of hydrogen-bond donors (Lipinski definition) is 2. The van der Waals surface area contributed by atoms with Crippen LogP contribution in [0, 0.1) is 0 Å². The van der Waals surface area contributed by atoms with Crippen LogP contribution in [-0.4, -0.2) is 27.2 Å². The summed E-state index contributed by atoms with van der Waals surface area (Å²) in [5.74, 6) is -0.743. The Balaban J connectivity index is 1.78. The van der Waals surface area contributed by atoms with Crippen molar-refractivity contribution < 1.29 is 22.7 Å². The molecule has 0 aliphatic rings. The minimum absolute atomic E-state index is 0.157. The third kappa shape index (κ3) is 4.53. The van der Waals surface area contributed by atoms with Crippen LogP contribution in [-0.2, 0) is 0 Å². The number of hydrogen-bond acceptors (Lipinski definition) is 5. The van der Waals surface area contributed by atoms with E-state index in [1.807, 2.05) is 0 Å². The van der Waals surface area contributed by atoms with E-state index in [9.17, 15) is 22.8 Å². The molecule has 156 valence electrons. The topological polar surface area (TPSA) is 97.0 Å². The number of ether oxygens (including phenoxy) is 1. The zero-order chi connectivity index (χ0) is 22.0. The molecule has 2 N–H and O–H groups in total. The molecule has 0 aliphatic heterocycles. The molecule has 31 heavy (non-hydrogen) atoms. The van der Waals surface area contributed by atoms with E-state index in [4.69, 9.17) is 0 Å². The SMILES string of the molecule is O=C(Nc1cnccn1)c1cccc2c(=O)cc(-c3cccc(OC(F)(F)F)c3)[nH]c12. The number of aromatic nitrogens is 3. The quantitative estimate of drug-likeness (QED) is 0.511. The van der Waals surface area contributed by atoms with Crippen molar-refractivity contribution in [3.05, 3.63) is 82.9 Å². The molecule has 2 aromatic heterocycles. The van der Waals surface area contributed by atoms with Gasteiger partial charge in [-0.1, -0.05) is 18.2 Å². The van der Waals surface area contributed by atoms with Crippen LogP contribution in [0.15, 0.2) is 71.9 Å². The molecule has 0 bridgehead atoms. The van der Waals surface area contributed by atoms with Crippen molar-refractivity contribution in [3.63, 3.8) is 0 Å². The van der Waals surface area contributed by atoms with E-state index < -0.39 is 23.4 Å². The fraction of sp³-hybridized carbons (Fsp3) is 0.0476. The molecule has 2 heterocycles. The third-order valence-electron chi connectivity index (χ3n) is 4.29. The minimum atomic E-state index is -4.85. The van der Waals surface area contributed by atoms with Crippen LogP contribution in [0.3, 0.4) is 0 Å². The van der Waals surface area contributed by atoms with Crippen LogP contribution in [0.2, 0.25) is 0 Å². The smallest absolute Gasteiger partial charge is 0.406 e. The van der Waals surface area contributed by atoms with Gasteiger partial charge in [0.15, 0.2) is 11.2 Å². The average Bonchev–Trinajstić information content (AvgIpc) is 2.73. The van der Waals surface area contributed by atoms with E-state index in [1.54, 1.807) is 12.1 Å². The Kier molecular flexibility index (Phi) is 5.12. The Morgan fingerprint density at radius 1 is 1.06 bits per heavy atom. The van der Waals surface area contributed by atoms with Crippen LogP contribution in [0.5, 0.6) is 5.75 Å². The maximum absolute atomic E-state index is 12.8. The predicted molar refractivity (Wildman–Crippen MR) is 107 cm³/mol. The van der Waals surface area contributed by atoms with E-state index >= 15 is 0 Å². The van der Waals surface area contributed by atoms with Crippen LogP contribution >= 0.6 is 0 Å². The summed E-state index contributed by atoms with van der Waals surface area (Å²) in [4.78, 5) is 36.2. The van der Waals surface area contributed by atoms with Crippen molar-refractivity contribution in [1.82, 2.24) is 15.0 Å². The molecule has 0 fully saturated rings. The highest BCUT2D eigenvalue weighted by Crippen LogP contribution is 2.28. The number of fused-ring (bicyclic) bond motifs is 1. The number of halogens is 3. The van der Waals surface area contributed by atoms with Gasteiger partial charge in [-0.25, -0.2) is 4.98 Å². The van der Waals surface area contributed by atoms with Crippen molar-refractivity contribution in [2.24, 2.45) is 0 Å². The second-order valence-corrected chi connectivity index (χ2v) is 6.40. The van der Waals surface area contributed by atoms with E-state index in [0.717, 1.165) is 12.1 Å². The minimum Gasteiger partial charge on any atom is -0.406 e. The van der Waals surface area contributed by atoms with Gasteiger partial charge in [-0.2, -0.15) is 0 Å². The molecule has 0 aliphatic carbocycles. The molecule has 0 unspecified atom stereocenters. The number of rotatable bonds is 4. The normalized spacial score (nSPS) is 11.3. The first-order valence-electron chi connectivity index (χ1n) is 8.90. The molecule has 1 amide bonds. The fourth-order valence-corrected chi connectivity index (χ4v) is 3.02. The van der Waals surface area contributed by atoms with Crippen molar-refractivity contribution >= 4 is 22.6 Å². The number of anilines is 1. The highest BCUT2D eigenvalue weighted by Gasteiger charge is 2.31. The average molecular weight is 426 g/mol. The Hall–Kier alpha value is -4.21. The highest BCUT2D eigenvalue weighted by atomic mass is 19.4. The summed E-state index contributed by atoms with van der Waals surface area (Å²) < 4.78 is 41.5. The van der Waals surface area contributed by atoms with Gasteiger partial charge in [0.1, 0.15) is 5.75 Å². The molecule has 0 saturated heterocycles. The summed E-state index contributed by atoms with van der Waals surface area (Å²) >= 11 is 0. The van der Waals surface area contributed by atoms with Gasteiger partial charge in [-0.3, -0.25) is 14.6 Å². The van der Waals surface area contributed by atoms with Gasteiger partial charge in [-0.05, 0) is 24.3 Å². The molecule has 7 nitrogen and oxygen atoms in total. The monoisotopic (exact) mass is 426 g/mol. The van der Waals surface area contributed by atoms with E-state index in [2.05, 4.69) is 25.0 Å². The lowest BCUT2D eigenvalue weighted by Crippen LogP contribution is -2.17. The first-order chi connectivity index (χ1) is 14.8. The third-order valence-corrected chi connectivity index (χ3v) is 4.29. The largest absolute Gasteiger partial charge is 0.573 e. The molecule has 0 saturated carbocycles. The maximum atomic E-state index is 12.8. The molecule has 0 atom stereocenters. The lowest BCUT2D eigenvalue weighted by molar-refractivity contribution is -0.274. The zero-order valence-corrected chi connectivity index (χ0v) is 15.6. The second-order valence-electron chi connectivity index (χ2n) is 6.40. The second kappa shape index (κ2) is 7.90. The number of carbonyl (C=O) groups excluding carboxylic acids is 1. The van der Waals surface area contributed by atoms with Gasteiger partial charge in [0, 0.05) is 35.1 Å². The van der Waals surface area contributed by atoms with Crippen LogP contribution < -0.4 is 15.5 Å². The molecule has 0 spiro atoms. The van der Waals surface area contributed by atoms with E-state index in [0.29, 0.717) is 0 Å². The Labute approximate surface area is 172 Å². The van der Waals surface area contributed by atoms with Crippen molar-refractivity contribution in [2.75, 3.05) is 5.32 Å². The Morgan fingerprint density at radius 3 is 2.61 bits per heavy atom. The fourth-order valence-electron chi connectivity index (χ4n) is 3.02. The van der Waals surface area contributed by atoms with Gasteiger partial charge in [-0.15, -0.1) is 13.2 Å². The summed E-state index contributed by atoms with van der Waals surface area (Å²) in [6, 6.07) is 11.0. The number of carbonyl (C=O) groups is 1. The molecule has 2 aromatic carbocycles. The van der Waals surface area contributed by atoms with Gasteiger partial charge in [0.25, 0.3) is 5.91 Å². The zero-order valence-electron chi connectivity index (χ0n) is 15.6. The maximum Gasteiger partial charge on any atom is 0.573 e. The molecule has 10 heteroatoms. The highest BCUT2D eigenvalue weighted by molar-refractivity contribution is 6.11. The number of nitrogens with zero attached hydrogens (tertiary/aromatic N) is 2. The van der Waals surface area contributed by atoms with E-state index in [1.165, 1.54) is 42.9 Å². The number of para-hydroxylation sites is 1. The van der Waals surface area contributed by atoms with Gasteiger partial charge in [0.05, 0.1) is 17.3 Å². The number of nitrogens with one attached hydrogen (secondary N) is 2. The summed E-state index contributed by atoms with van der Waals surface area (Å²) in [6.45, 7) is 0. The first kappa shape index (κ1) is 20.1. The van der Waals surface area contributed by atoms with E-state index in [-0.39, 0.29) is 33.5 Å². The number of H-pyrrole nitrogens is 1. The molecule has 0 radical (unpaired) electrons. The molecular weight excluding hydrogens is 413 g/mol. The lowest BCUT2D eigenvalue weighted by Gasteiger charge is -2.12. The lowest BCUT2D eigenvalue weighted by atomic mass is 10.1. The van der Waals surface area contributed by atoms with Crippen LogP contribution in [0.4, 0.5) is 19.0 Å². The summed E-state index contributed by atoms with van der Waals surface area (Å²) in [5, 5.41) is 2.83.